The highest BCUT2D eigenvalue weighted by Gasteiger charge is 2.24. The van der Waals surface area contributed by atoms with Gasteiger partial charge in [-0.2, -0.15) is 16.7 Å². The molecule has 0 aliphatic carbocycles. The van der Waals surface area contributed by atoms with Gasteiger partial charge in [-0.25, -0.2) is 0 Å². The van der Waals surface area contributed by atoms with Crippen LogP contribution in [0.2, 0.25) is 0 Å². The molecule has 1 aliphatic heterocycles. The summed E-state index contributed by atoms with van der Waals surface area (Å²) in [6.07, 6.45) is 0. The summed E-state index contributed by atoms with van der Waals surface area (Å²) in [6, 6.07) is -0.150. The lowest BCUT2D eigenvalue weighted by Gasteiger charge is -2.17. The predicted octanol–water partition coefficient (Wildman–Crippen LogP) is 2.25. The fourth-order valence-electron chi connectivity index (χ4n) is 1.44. The van der Waals surface area contributed by atoms with Crippen LogP contribution in [0.5, 0.6) is 0 Å². The summed E-state index contributed by atoms with van der Waals surface area (Å²) in [5.74, 6) is 5.15. The molecule has 1 aromatic rings. The Morgan fingerprint density at radius 3 is 2.88 bits per heavy atom. The third-order valence-corrected chi connectivity index (χ3v) is 5.32. The lowest BCUT2D eigenvalue weighted by molar-refractivity contribution is 0.322. The molecule has 90 valence electrons. The molecule has 2 rings (SSSR count). The van der Waals surface area contributed by atoms with E-state index in [2.05, 4.69) is 24.0 Å². The zero-order valence-corrected chi connectivity index (χ0v) is 11.2. The fraction of sp³-hybridized carbons (Fsp3) is 0.800. The van der Waals surface area contributed by atoms with Crippen LogP contribution in [-0.4, -0.2) is 27.4 Å². The van der Waals surface area contributed by atoms with Crippen LogP contribution < -0.4 is 5.73 Å². The monoisotopic (exact) mass is 259 g/mol. The first-order chi connectivity index (χ1) is 7.68. The van der Waals surface area contributed by atoms with E-state index >= 15 is 0 Å². The molecule has 2 N–H and O–H groups in total. The summed E-state index contributed by atoms with van der Waals surface area (Å²) in [5.41, 5.74) is 5.97. The van der Waals surface area contributed by atoms with Crippen molar-refractivity contribution in [1.82, 2.24) is 10.1 Å². The zero-order chi connectivity index (χ0) is 11.5. The van der Waals surface area contributed by atoms with Crippen LogP contribution in [0, 0.1) is 5.92 Å². The molecule has 1 aliphatic rings. The molecule has 4 nitrogen and oxygen atoms in total. The molecule has 1 saturated heterocycles. The molecule has 1 unspecified atom stereocenters. The van der Waals surface area contributed by atoms with Crippen LogP contribution in [0.3, 0.4) is 0 Å². The molecule has 0 aromatic carbocycles. The van der Waals surface area contributed by atoms with Crippen LogP contribution in [0.4, 0.5) is 0 Å². The maximum absolute atomic E-state index is 5.97. The van der Waals surface area contributed by atoms with Gasteiger partial charge in [-0.3, -0.25) is 0 Å². The van der Waals surface area contributed by atoms with Crippen molar-refractivity contribution in [1.29, 1.82) is 0 Å². The molecule has 16 heavy (non-hydrogen) atoms. The van der Waals surface area contributed by atoms with Crippen molar-refractivity contribution in [2.75, 3.05) is 17.3 Å². The van der Waals surface area contributed by atoms with Crippen molar-refractivity contribution in [2.45, 2.75) is 25.1 Å². The summed E-state index contributed by atoms with van der Waals surface area (Å²) in [6.45, 7) is 4.11. The van der Waals surface area contributed by atoms with E-state index in [4.69, 9.17) is 10.3 Å². The third-order valence-electron chi connectivity index (χ3n) is 2.56. The molecule has 0 bridgehead atoms. The van der Waals surface area contributed by atoms with Gasteiger partial charge in [-0.1, -0.05) is 19.0 Å². The Hall–Kier alpha value is -0.200. The number of rotatable bonds is 3. The number of aromatic nitrogens is 2. The second-order valence-corrected chi connectivity index (χ2v) is 6.66. The molecule has 1 aromatic heterocycles. The number of nitrogens with zero attached hydrogens (tertiary/aromatic N) is 2. The minimum atomic E-state index is -0.150. The standard InChI is InChI=1S/C10H17N3OS2/c1-6(2)8(11)10-12-9(13-14-10)7-5-15-3-4-16-7/h6-8H,3-5,11H2,1-2H3/t7?,8-/m1/s1. The zero-order valence-electron chi connectivity index (χ0n) is 9.55. The average Bonchev–Trinajstić information content (AvgIpc) is 2.78. The predicted molar refractivity (Wildman–Crippen MR) is 68.6 cm³/mol. The summed E-state index contributed by atoms with van der Waals surface area (Å²) in [7, 11) is 0. The molecular weight excluding hydrogens is 242 g/mol. The highest BCUT2D eigenvalue weighted by atomic mass is 32.2. The van der Waals surface area contributed by atoms with Crippen molar-refractivity contribution in [2.24, 2.45) is 11.7 Å². The van der Waals surface area contributed by atoms with Gasteiger partial charge in [0.2, 0.25) is 5.89 Å². The maximum atomic E-state index is 5.97. The van der Waals surface area contributed by atoms with Crippen LogP contribution >= 0.6 is 23.5 Å². The van der Waals surface area contributed by atoms with E-state index in [1.807, 2.05) is 23.5 Å². The van der Waals surface area contributed by atoms with E-state index in [1.54, 1.807) is 0 Å². The van der Waals surface area contributed by atoms with Crippen LogP contribution in [0.1, 0.15) is 36.9 Å². The normalized spacial score (nSPS) is 23.6. The van der Waals surface area contributed by atoms with E-state index in [0.717, 1.165) is 17.3 Å². The van der Waals surface area contributed by atoms with Gasteiger partial charge in [0.1, 0.15) is 0 Å². The van der Waals surface area contributed by atoms with Gasteiger partial charge < -0.3 is 10.3 Å². The Labute approximate surface area is 104 Å². The first-order valence-corrected chi connectivity index (χ1v) is 7.67. The second kappa shape index (κ2) is 5.42. The van der Waals surface area contributed by atoms with E-state index in [9.17, 15) is 0 Å². The number of hydrogen-bond acceptors (Lipinski definition) is 6. The first-order valence-electron chi connectivity index (χ1n) is 5.47. The Morgan fingerprint density at radius 1 is 1.44 bits per heavy atom. The Morgan fingerprint density at radius 2 is 2.25 bits per heavy atom. The molecule has 0 amide bonds. The van der Waals surface area contributed by atoms with E-state index in [1.165, 1.54) is 5.75 Å². The fourth-order valence-corrected chi connectivity index (χ4v) is 4.02. The SMILES string of the molecule is CC(C)[C@@H](N)c1nc(C2CSCCS2)no1. The molecule has 1 fully saturated rings. The average molecular weight is 259 g/mol. The molecule has 6 heteroatoms. The van der Waals surface area contributed by atoms with E-state index in [0.29, 0.717) is 17.1 Å². The topological polar surface area (TPSA) is 64.9 Å². The van der Waals surface area contributed by atoms with Gasteiger partial charge in [0, 0.05) is 17.3 Å². The van der Waals surface area contributed by atoms with Crippen LogP contribution in [-0.2, 0) is 0 Å². The third kappa shape index (κ3) is 2.73. The highest BCUT2D eigenvalue weighted by molar-refractivity contribution is 8.06. The molecule has 0 radical (unpaired) electrons. The van der Waals surface area contributed by atoms with Gasteiger partial charge in [-0.15, -0.1) is 11.8 Å². The maximum Gasteiger partial charge on any atom is 0.243 e. The Bertz CT molecular complexity index is 337. The van der Waals surface area contributed by atoms with Gasteiger partial charge >= 0.3 is 0 Å². The summed E-state index contributed by atoms with van der Waals surface area (Å²) in [5, 5.41) is 4.41. The van der Waals surface area contributed by atoms with Gasteiger partial charge in [0.05, 0.1) is 11.3 Å². The molecular formula is C10H17N3OS2. The number of thioether (sulfide) groups is 2. The lowest BCUT2D eigenvalue weighted by Crippen LogP contribution is -2.17. The number of hydrogen-bond donors (Lipinski definition) is 1. The molecule has 0 saturated carbocycles. The minimum Gasteiger partial charge on any atom is -0.338 e. The minimum absolute atomic E-state index is 0.150. The summed E-state index contributed by atoms with van der Waals surface area (Å²) >= 11 is 3.85. The second-order valence-electron chi connectivity index (χ2n) is 4.19. The van der Waals surface area contributed by atoms with Gasteiger partial charge in [0.15, 0.2) is 5.82 Å². The molecule has 2 heterocycles. The van der Waals surface area contributed by atoms with Gasteiger partial charge in [-0.05, 0) is 5.92 Å². The van der Waals surface area contributed by atoms with E-state index in [-0.39, 0.29) is 6.04 Å². The van der Waals surface area contributed by atoms with Crippen molar-refractivity contribution >= 4 is 23.5 Å². The molecule has 2 atom stereocenters. The van der Waals surface area contributed by atoms with Gasteiger partial charge in [0.25, 0.3) is 0 Å². The highest BCUT2D eigenvalue weighted by Crippen LogP contribution is 2.35. The first kappa shape index (κ1) is 12.3. The quantitative estimate of drug-likeness (QED) is 0.898. The summed E-state index contributed by atoms with van der Waals surface area (Å²) < 4.78 is 5.23. The largest absolute Gasteiger partial charge is 0.338 e. The lowest BCUT2D eigenvalue weighted by atomic mass is 10.1. The van der Waals surface area contributed by atoms with Crippen molar-refractivity contribution < 1.29 is 4.52 Å². The number of nitrogens with two attached hydrogens (primary N) is 1. The van der Waals surface area contributed by atoms with Crippen molar-refractivity contribution in [3.8, 4) is 0 Å². The smallest absolute Gasteiger partial charge is 0.243 e. The Kier molecular flexibility index (Phi) is 4.16. The van der Waals surface area contributed by atoms with Crippen LogP contribution in [0.15, 0.2) is 4.52 Å². The Balaban J connectivity index is 2.06. The molecule has 0 spiro atoms. The van der Waals surface area contributed by atoms with Crippen molar-refractivity contribution in [3.63, 3.8) is 0 Å². The van der Waals surface area contributed by atoms with Crippen LogP contribution in [0.25, 0.3) is 0 Å². The van der Waals surface area contributed by atoms with Crippen molar-refractivity contribution in [3.05, 3.63) is 11.7 Å². The summed E-state index contributed by atoms with van der Waals surface area (Å²) in [4.78, 5) is 4.42. The van der Waals surface area contributed by atoms with E-state index < -0.39 is 0 Å².